The fourth-order valence-electron chi connectivity index (χ4n) is 4.92. The van der Waals surface area contributed by atoms with Crippen molar-refractivity contribution in [2.75, 3.05) is 18.1 Å². The molecule has 4 aromatic rings. The maximum Gasteiger partial charge on any atom is 0.416 e. The summed E-state index contributed by atoms with van der Waals surface area (Å²) < 4.78 is 110. The largest absolute Gasteiger partial charge is 0.465 e. The summed E-state index contributed by atoms with van der Waals surface area (Å²) in [7, 11) is 0. The number of hydrogen-bond donors (Lipinski definition) is 2. The van der Waals surface area contributed by atoms with Gasteiger partial charge in [-0.1, -0.05) is 48.5 Å². The molecule has 0 saturated heterocycles. The minimum Gasteiger partial charge on any atom is -0.465 e. The van der Waals surface area contributed by atoms with Crippen LogP contribution < -0.4 is 10.2 Å². The number of anilines is 1. The highest BCUT2D eigenvalue weighted by atomic mass is 19.4. The van der Waals surface area contributed by atoms with E-state index in [1.165, 1.54) is 24.3 Å². The van der Waals surface area contributed by atoms with Crippen LogP contribution in [0.3, 0.4) is 0 Å². The Morgan fingerprint density at radius 3 is 1.96 bits per heavy atom. The van der Waals surface area contributed by atoms with Crippen LogP contribution in [0, 0.1) is 5.82 Å². The maximum atomic E-state index is 14.9. The third-order valence-corrected chi connectivity index (χ3v) is 7.00. The third-order valence-electron chi connectivity index (χ3n) is 7.00. The highest BCUT2D eigenvalue weighted by Gasteiger charge is 2.41. The van der Waals surface area contributed by atoms with Gasteiger partial charge in [0.1, 0.15) is 12.5 Å². The summed E-state index contributed by atoms with van der Waals surface area (Å²) in [4.78, 5) is 26.3. The first-order chi connectivity index (χ1) is 21.1. The third kappa shape index (κ3) is 7.59. The van der Waals surface area contributed by atoms with E-state index in [2.05, 4.69) is 5.32 Å². The minimum absolute atomic E-state index is 0.0620. The standard InChI is InChI=1S/C32H24F8N2O3/c33-12-13-42(29(44)45)27-11-5-9-22(18-27)30(19-20-6-2-1-3-7-20,24-15-25(32(38,39)40)17-26(34)16-24)41-28(43)21-8-4-10-23(14-21)31(35,36)37/h1-11,14-18H,12-13,19H2,(H,41,43)(H,44,45)/t30-/m1/s1. The van der Waals surface area contributed by atoms with Crippen LogP contribution in [0.1, 0.15) is 38.2 Å². The second kappa shape index (κ2) is 13.0. The molecule has 4 rings (SSSR count). The van der Waals surface area contributed by atoms with Gasteiger partial charge in [-0.2, -0.15) is 26.3 Å². The molecule has 236 valence electrons. The van der Waals surface area contributed by atoms with Gasteiger partial charge in [0.05, 0.1) is 23.2 Å². The molecule has 0 aliphatic heterocycles. The fraction of sp³-hybridized carbons (Fsp3) is 0.188. The quantitative estimate of drug-likeness (QED) is 0.182. The number of hydrogen-bond acceptors (Lipinski definition) is 2. The zero-order valence-electron chi connectivity index (χ0n) is 23.1. The molecular weight excluding hydrogens is 612 g/mol. The Bertz CT molecular complexity index is 1680. The van der Waals surface area contributed by atoms with Crippen molar-refractivity contribution in [1.29, 1.82) is 0 Å². The second-order valence-corrected chi connectivity index (χ2v) is 10.0. The van der Waals surface area contributed by atoms with E-state index in [9.17, 15) is 49.8 Å². The number of rotatable bonds is 9. The summed E-state index contributed by atoms with van der Waals surface area (Å²) in [5.74, 6) is -2.48. The van der Waals surface area contributed by atoms with Crippen molar-refractivity contribution in [3.8, 4) is 0 Å². The second-order valence-electron chi connectivity index (χ2n) is 10.0. The lowest BCUT2D eigenvalue weighted by Gasteiger charge is -2.37. The average molecular weight is 637 g/mol. The lowest BCUT2D eigenvalue weighted by Crippen LogP contribution is -2.49. The molecule has 0 spiro atoms. The zero-order chi connectivity index (χ0) is 33.0. The van der Waals surface area contributed by atoms with Crippen LogP contribution in [0.2, 0.25) is 0 Å². The number of nitrogens with one attached hydrogen (secondary N) is 1. The summed E-state index contributed by atoms with van der Waals surface area (Å²) in [5.41, 5.74) is -5.44. The molecule has 0 aromatic heterocycles. The Kier molecular flexibility index (Phi) is 9.50. The van der Waals surface area contributed by atoms with E-state index >= 15 is 0 Å². The molecule has 1 atom stereocenters. The highest BCUT2D eigenvalue weighted by Crippen LogP contribution is 2.40. The molecule has 0 unspecified atom stereocenters. The molecular formula is C32H24F8N2O3. The van der Waals surface area contributed by atoms with E-state index in [0.29, 0.717) is 22.6 Å². The van der Waals surface area contributed by atoms with Gasteiger partial charge in [0.25, 0.3) is 5.91 Å². The normalized spacial score (nSPS) is 13.2. The van der Waals surface area contributed by atoms with Crippen LogP contribution in [0.5, 0.6) is 0 Å². The van der Waals surface area contributed by atoms with E-state index in [1.807, 2.05) is 0 Å². The van der Waals surface area contributed by atoms with Gasteiger partial charge in [0.2, 0.25) is 0 Å². The van der Waals surface area contributed by atoms with E-state index in [0.717, 1.165) is 24.3 Å². The number of halogens is 8. The number of carbonyl (C=O) groups excluding carboxylic acids is 1. The summed E-state index contributed by atoms with van der Waals surface area (Å²) in [5, 5.41) is 12.2. The Labute approximate surface area is 251 Å². The van der Waals surface area contributed by atoms with Crippen molar-refractivity contribution in [3.05, 3.63) is 136 Å². The van der Waals surface area contributed by atoms with E-state index in [1.54, 1.807) is 30.3 Å². The lowest BCUT2D eigenvalue weighted by atomic mass is 9.77. The van der Waals surface area contributed by atoms with Crippen molar-refractivity contribution < 1.29 is 49.8 Å². The van der Waals surface area contributed by atoms with Gasteiger partial charge in [-0.15, -0.1) is 0 Å². The van der Waals surface area contributed by atoms with Gasteiger partial charge in [-0.05, 0) is 65.2 Å². The van der Waals surface area contributed by atoms with Gasteiger partial charge >= 0.3 is 18.4 Å². The molecule has 2 N–H and O–H groups in total. The van der Waals surface area contributed by atoms with E-state index in [4.69, 9.17) is 0 Å². The van der Waals surface area contributed by atoms with Crippen LogP contribution >= 0.6 is 0 Å². The monoisotopic (exact) mass is 636 g/mol. The molecule has 0 radical (unpaired) electrons. The maximum absolute atomic E-state index is 14.9. The lowest BCUT2D eigenvalue weighted by molar-refractivity contribution is -0.138. The Hall–Kier alpha value is -4.94. The van der Waals surface area contributed by atoms with Gasteiger partial charge in [-0.25, -0.2) is 13.6 Å². The molecule has 13 heteroatoms. The molecule has 0 heterocycles. The number of alkyl halides is 7. The van der Waals surface area contributed by atoms with Crippen molar-refractivity contribution >= 4 is 17.7 Å². The molecule has 0 aliphatic rings. The number of nitrogens with zero attached hydrogens (tertiary/aromatic N) is 1. The summed E-state index contributed by atoms with van der Waals surface area (Å²) in [6.45, 7) is -1.70. The van der Waals surface area contributed by atoms with Gasteiger partial charge in [-0.3, -0.25) is 9.69 Å². The van der Waals surface area contributed by atoms with Gasteiger partial charge in [0.15, 0.2) is 0 Å². The number of benzene rings is 4. The van der Waals surface area contributed by atoms with Gasteiger partial charge < -0.3 is 10.4 Å². The smallest absolute Gasteiger partial charge is 0.416 e. The van der Waals surface area contributed by atoms with Crippen LogP contribution in [0.15, 0.2) is 97.1 Å². The number of amides is 2. The molecule has 5 nitrogen and oxygen atoms in total. The predicted molar refractivity (Wildman–Crippen MR) is 149 cm³/mol. The predicted octanol–water partition coefficient (Wildman–Crippen LogP) is 8.23. The summed E-state index contributed by atoms with van der Waals surface area (Å²) in [6.07, 6.45) is -11.8. The Morgan fingerprint density at radius 1 is 0.711 bits per heavy atom. The van der Waals surface area contributed by atoms with Crippen LogP contribution in [0.4, 0.5) is 45.6 Å². The SMILES string of the molecule is O=C(N[C@](Cc1ccccc1)(c1cccc(N(CCF)C(=O)O)c1)c1cc(F)cc(C(F)(F)F)c1)c1cccc(C(F)(F)F)c1. The molecule has 45 heavy (non-hydrogen) atoms. The number of carbonyl (C=O) groups is 2. The zero-order valence-corrected chi connectivity index (χ0v) is 23.1. The first-order valence-corrected chi connectivity index (χ1v) is 13.2. The van der Waals surface area contributed by atoms with Crippen molar-refractivity contribution in [2.24, 2.45) is 0 Å². The topological polar surface area (TPSA) is 69.6 Å². The van der Waals surface area contributed by atoms with Gasteiger partial charge in [0, 0.05) is 17.7 Å². The van der Waals surface area contributed by atoms with Crippen molar-refractivity contribution in [1.82, 2.24) is 5.32 Å². The Morgan fingerprint density at radius 2 is 1.33 bits per heavy atom. The van der Waals surface area contributed by atoms with Crippen LogP contribution in [-0.4, -0.2) is 30.3 Å². The van der Waals surface area contributed by atoms with E-state index < -0.39 is 71.2 Å². The summed E-state index contributed by atoms with van der Waals surface area (Å²) in [6, 6.07) is 17.9. The molecule has 0 bridgehead atoms. The van der Waals surface area contributed by atoms with Crippen LogP contribution in [0.25, 0.3) is 0 Å². The molecule has 4 aromatic carbocycles. The fourth-order valence-corrected chi connectivity index (χ4v) is 4.92. The number of carboxylic acid groups (broad SMARTS) is 1. The van der Waals surface area contributed by atoms with Crippen LogP contribution in [-0.2, 0) is 24.3 Å². The minimum atomic E-state index is -5.04. The Balaban J connectivity index is 2.03. The summed E-state index contributed by atoms with van der Waals surface area (Å²) >= 11 is 0. The molecule has 0 fully saturated rings. The molecule has 0 saturated carbocycles. The van der Waals surface area contributed by atoms with Crippen molar-refractivity contribution in [2.45, 2.75) is 24.3 Å². The van der Waals surface area contributed by atoms with E-state index in [-0.39, 0.29) is 23.7 Å². The average Bonchev–Trinajstić information content (AvgIpc) is 2.98. The van der Waals surface area contributed by atoms with Crippen molar-refractivity contribution in [3.63, 3.8) is 0 Å². The molecule has 0 aliphatic carbocycles. The highest BCUT2D eigenvalue weighted by molar-refractivity contribution is 5.95. The first-order valence-electron chi connectivity index (χ1n) is 13.2. The first kappa shape index (κ1) is 33.0. The molecule has 2 amide bonds.